The summed E-state index contributed by atoms with van der Waals surface area (Å²) in [7, 11) is 2.71. The van der Waals surface area contributed by atoms with Gasteiger partial charge in [-0.2, -0.15) is 4.98 Å². The van der Waals surface area contributed by atoms with Crippen molar-refractivity contribution < 1.29 is 23.7 Å². The molecule has 0 bridgehead atoms. The van der Waals surface area contributed by atoms with Gasteiger partial charge in [0.15, 0.2) is 5.82 Å². The van der Waals surface area contributed by atoms with Crippen LogP contribution >= 0.6 is 18.7 Å². The molecule has 4 heterocycles. The van der Waals surface area contributed by atoms with Crippen LogP contribution < -0.4 is 25.6 Å². The smallest absolute Gasteiger partial charge is 0.255 e. The number of fused-ring (bicyclic) bond motifs is 1. The maximum absolute atomic E-state index is 13.2. The SMILES string of the molecule is COc1cc(N2CCC(N(C)Cc3ccc4c(c3)CN(C3CCC(=O)N(C)C3=O)C4=O)CC2)ccc1Nc1ncc(Cl)c(Nc2ccccc2P(C)(C)=O)n1. The van der Waals surface area contributed by atoms with Crippen LogP contribution in [-0.2, 0) is 27.2 Å². The molecule has 13 nitrogen and oxygen atoms in total. The lowest BCUT2D eigenvalue weighted by atomic mass is 10.0. The second kappa shape index (κ2) is 15.6. The summed E-state index contributed by atoms with van der Waals surface area (Å²) in [6.07, 6.45) is 4.11. The molecule has 3 amide bonds. The number of piperidine rings is 2. The minimum Gasteiger partial charge on any atom is -0.494 e. The van der Waals surface area contributed by atoms with Crippen molar-refractivity contribution in [2.75, 3.05) is 63.2 Å². The van der Waals surface area contributed by atoms with Crippen LogP contribution in [0.15, 0.2) is 66.9 Å². The number of carbonyl (C=O) groups excluding carboxylic acids is 3. The number of nitrogens with zero attached hydrogens (tertiary/aromatic N) is 6. The Balaban J connectivity index is 0.955. The first-order chi connectivity index (χ1) is 26.3. The minimum atomic E-state index is -2.55. The third-order valence-corrected chi connectivity index (χ3v) is 12.6. The number of anilines is 5. The van der Waals surface area contributed by atoms with Crippen LogP contribution in [0.1, 0.15) is 47.2 Å². The maximum Gasteiger partial charge on any atom is 0.255 e. The number of methoxy groups -OCH3 is 1. The Morgan fingerprint density at radius 3 is 2.49 bits per heavy atom. The molecule has 0 saturated carbocycles. The number of likely N-dealkylation sites (N-methyl/N-ethyl adjacent to an activating group) is 1. The number of para-hydroxylation sites is 1. The highest BCUT2D eigenvalue weighted by atomic mass is 35.5. The fraction of sp³-hybridized carbons (Fsp3) is 0.375. The topological polar surface area (TPSA) is 140 Å². The first-order valence-corrected chi connectivity index (χ1v) is 21.4. The number of imide groups is 1. The Morgan fingerprint density at radius 2 is 1.75 bits per heavy atom. The van der Waals surface area contributed by atoms with Crippen molar-refractivity contribution in [3.63, 3.8) is 0 Å². The van der Waals surface area contributed by atoms with Crippen LogP contribution in [0.3, 0.4) is 0 Å². The lowest BCUT2D eigenvalue weighted by Crippen LogP contribution is -2.53. The molecule has 3 aliphatic rings. The van der Waals surface area contributed by atoms with E-state index in [4.69, 9.17) is 16.3 Å². The predicted molar refractivity (Wildman–Crippen MR) is 216 cm³/mol. The van der Waals surface area contributed by atoms with E-state index in [9.17, 15) is 18.9 Å². The van der Waals surface area contributed by atoms with Crippen molar-refractivity contribution in [3.05, 3.63) is 88.6 Å². The largest absolute Gasteiger partial charge is 0.494 e. The van der Waals surface area contributed by atoms with Gasteiger partial charge in [0, 0.05) is 68.3 Å². The fourth-order valence-electron chi connectivity index (χ4n) is 7.71. The van der Waals surface area contributed by atoms with Gasteiger partial charge < -0.3 is 29.7 Å². The molecule has 15 heteroatoms. The zero-order valence-electron chi connectivity index (χ0n) is 31.7. The van der Waals surface area contributed by atoms with Gasteiger partial charge in [-0.1, -0.05) is 35.9 Å². The molecule has 55 heavy (non-hydrogen) atoms. The number of nitrogens with one attached hydrogen (secondary N) is 2. The van der Waals surface area contributed by atoms with Crippen LogP contribution in [0.5, 0.6) is 5.75 Å². The lowest BCUT2D eigenvalue weighted by molar-refractivity contribution is -0.150. The molecular weight excluding hydrogens is 739 g/mol. The summed E-state index contributed by atoms with van der Waals surface area (Å²) >= 11 is 6.47. The van der Waals surface area contributed by atoms with E-state index in [-0.39, 0.29) is 24.1 Å². The van der Waals surface area contributed by atoms with Gasteiger partial charge in [-0.3, -0.25) is 24.2 Å². The Kier molecular flexibility index (Phi) is 10.9. The molecule has 0 spiro atoms. The minimum absolute atomic E-state index is 0.145. The standard InChI is InChI=1S/C40H46ClN8O5P/c1-46(23-25-10-12-29-26(20-25)24-49(38(29)51)33-14-15-36(50)47(2)39(33)52)27-16-18-48(19-17-27)28-11-13-31(34(21-28)54-3)44-40-42-22-30(41)37(45-40)43-32-8-6-7-9-35(32)55(4,5)53/h6-13,20-22,27,33H,14-19,23-24H2,1-5H3,(H2,42,43,44,45). The van der Waals surface area contributed by atoms with E-state index in [0.29, 0.717) is 63.8 Å². The number of benzene rings is 3. The lowest BCUT2D eigenvalue weighted by Gasteiger charge is -2.38. The summed E-state index contributed by atoms with van der Waals surface area (Å²) in [6, 6.07) is 19.2. The molecular formula is C40H46ClN8O5P. The summed E-state index contributed by atoms with van der Waals surface area (Å²) in [6.45, 7) is 6.33. The van der Waals surface area contributed by atoms with E-state index in [2.05, 4.69) is 49.6 Å². The molecule has 288 valence electrons. The summed E-state index contributed by atoms with van der Waals surface area (Å²) in [5.74, 6) is 0.709. The average molecular weight is 785 g/mol. The second-order valence-electron chi connectivity index (χ2n) is 14.8. The molecule has 1 atom stereocenters. The van der Waals surface area contributed by atoms with Crippen LogP contribution in [0, 0.1) is 0 Å². The van der Waals surface area contributed by atoms with Crippen LogP contribution in [-0.4, -0.2) is 102 Å². The van der Waals surface area contributed by atoms with E-state index >= 15 is 0 Å². The van der Waals surface area contributed by atoms with Crippen molar-refractivity contribution in [1.29, 1.82) is 0 Å². The van der Waals surface area contributed by atoms with Crippen molar-refractivity contribution in [2.45, 2.75) is 50.9 Å². The zero-order chi connectivity index (χ0) is 39.0. The van der Waals surface area contributed by atoms with E-state index in [1.807, 2.05) is 48.5 Å². The van der Waals surface area contributed by atoms with Gasteiger partial charge in [0.25, 0.3) is 11.8 Å². The number of halogens is 1. The number of likely N-dealkylation sites (tertiary alicyclic amines) is 1. The van der Waals surface area contributed by atoms with Crippen LogP contribution in [0.4, 0.5) is 28.8 Å². The van der Waals surface area contributed by atoms with Gasteiger partial charge in [-0.15, -0.1) is 0 Å². The first-order valence-electron chi connectivity index (χ1n) is 18.4. The van der Waals surface area contributed by atoms with Crippen molar-refractivity contribution in [3.8, 4) is 5.75 Å². The Morgan fingerprint density at radius 1 is 0.982 bits per heavy atom. The number of hydrogen-bond acceptors (Lipinski definition) is 11. The monoisotopic (exact) mass is 784 g/mol. The highest BCUT2D eigenvalue weighted by molar-refractivity contribution is 7.70. The Labute approximate surface area is 326 Å². The predicted octanol–water partition coefficient (Wildman–Crippen LogP) is 6.08. The number of carbonyl (C=O) groups is 3. The normalized spacial score (nSPS) is 17.9. The molecule has 0 aliphatic carbocycles. The van der Waals surface area contributed by atoms with E-state index in [1.54, 1.807) is 25.3 Å². The van der Waals surface area contributed by atoms with Gasteiger partial charge >= 0.3 is 0 Å². The summed E-state index contributed by atoms with van der Waals surface area (Å²) < 4.78 is 18.7. The highest BCUT2D eigenvalue weighted by Gasteiger charge is 2.41. The molecule has 1 aromatic heterocycles. The molecule has 2 fully saturated rings. The van der Waals surface area contributed by atoms with Gasteiger partial charge in [0.05, 0.1) is 24.7 Å². The molecule has 3 aromatic carbocycles. The van der Waals surface area contributed by atoms with E-state index < -0.39 is 13.2 Å². The summed E-state index contributed by atoms with van der Waals surface area (Å²) in [5, 5.41) is 7.54. The van der Waals surface area contributed by atoms with Crippen LogP contribution in [0.2, 0.25) is 5.02 Å². The first kappa shape index (κ1) is 38.3. The van der Waals surface area contributed by atoms with Crippen molar-refractivity contribution >= 4 is 70.6 Å². The number of amides is 3. The molecule has 0 radical (unpaired) electrons. The van der Waals surface area contributed by atoms with Crippen LogP contribution in [0.25, 0.3) is 0 Å². The third kappa shape index (κ3) is 8.06. The molecule has 3 aliphatic heterocycles. The van der Waals surface area contributed by atoms with Gasteiger partial charge in [-0.25, -0.2) is 4.98 Å². The maximum atomic E-state index is 13.2. The third-order valence-electron chi connectivity index (χ3n) is 10.8. The molecule has 1 unspecified atom stereocenters. The second-order valence-corrected chi connectivity index (χ2v) is 18.4. The Hall–Kier alpha value is -4.97. The molecule has 4 aromatic rings. The fourth-order valence-corrected chi connectivity index (χ4v) is 9.00. The van der Waals surface area contributed by atoms with Crippen molar-refractivity contribution in [2.24, 2.45) is 0 Å². The Bertz CT molecular complexity index is 2190. The number of aromatic nitrogens is 2. The summed E-state index contributed by atoms with van der Waals surface area (Å²) in [4.78, 5) is 54.5. The highest BCUT2D eigenvalue weighted by Crippen LogP contribution is 2.39. The summed E-state index contributed by atoms with van der Waals surface area (Å²) in [5.41, 5.74) is 5.12. The van der Waals surface area contributed by atoms with Crippen molar-refractivity contribution in [1.82, 2.24) is 24.7 Å². The van der Waals surface area contributed by atoms with Gasteiger partial charge in [-0.05, 0) is 81.1 Å². The molecule has 2 N–H and O–H groups in total. The molecule has 2 saturated heterocycles. The van der Waals surface area contributed by atoms with E-state index in [0.717, 1.165) is 54.2 Å². The van der Waals surface area contributed by atoms with Gasteiger partial charge in [0.1, 0.15) is 24.0 Å². The number of hydrogen-bond donors (Lipinski definition) is 2. The zero-order valence-corrected chi connectivity index (χ0v) is 33.4. The average Bonchev–Trinajstić information content (AvgIpc) is 3.49. The molecule has 7 rings (SSSR count). The number of ether oxygens (including phenoxy) is 1. The quantitative estimate of drug-likeness (QED) is 0.135. The number of rotatable bonds is 11. The van der Waals surface area contributed by atoms with E-state index in [1.165, 1.54) is 13.2 Å². The van der Waals surface area contributed by atoms with Gasteiger partial charge in [0.2, 0.25) is 11.9 Å².